The molecule has 0 aromatic carbocycles. The molecule has 0 aliphatic carbocycles. The van der Waals surface area contributed by atoms with Crippen molar-refractivity contribution in [2.24, 2.45) is 0 Å². The molecule has 0 unspecified atom stereocenters. The fourth-order valence-electron chi connectivity index (χ4n) is 1.69. The number of urea groups is 1. The van der Waals surface area contributed by atoms with Crippen molar-refractivity contribution in [3.63, 3.8) is 0 Å². The first kappa shape index (κ1) is 11.6. The van der Waals surface area contributed by atoms with Crippen LogP contribution in [0.4, 0.5) is 4.79 Å². The zero-order valence-corrected chi connectivity index (χ0v) is 9.76. The average molecular weight is 219 g/mol. The molecule has 1 saturated heterocycles. The van der Waals surface area contributed by atoms with Crippen LogP contribution in [0.1, 0.15) is 26.7 Å². The minimum Gasteiger partial charge on any atom is -0.323 e. The lowest BCUT2D eigenvalue weighted by Crippen LogP contribution is -2.36. The van der Waals surface area contributed by atoms with Crippen molar-refractivity contribution in [3.05, 3.63) is 0 Å². The number of halogens is 1. The molecule has 3 nitrogen and oxygen atoms in total. The summed E-state index contributed by atoms with van der Waals surface area (Å²) >= 11 is 5.59. The zero-order chi connectivity index (χ0) is 10.6. The Balaban J connectivity index is 2.32. The number of nitrogens with zero attached hydrogens (tertiary/aromatic N) is 2. The van der Waals surface area contributed by atoms with Crippen LogP contribution >= 0.6 is 11.6 Å². The summed E-state index contributed by atoms with van der Waals surface area (Å²) in [5.74, 6) is 0.690. The maximum Gasteiger partial charge on any atom is 0.320 e. The second-order valence-electron chi connectivity index (χ2n) is 3.95. The number of carbonyl (C=O) groups excluding carboxylic acids is 1. The molecule has 0 N–H and O–H groups in total. The first-order chi connectivity index (χ1) is 6.66. The van der Waals surface area contributed by atoms with Crippen LogP contribution in [-0.4, -0.2) is 47.4 Å². The Bertz CT molecular complexity index is 197. The Labute approximate surface area is 91.0 Å². The van der Waals surface area contributed by atoms with E-state index in [0.29, 0.717) is 11.9 Å². The van der Waals surface area contributed by atoms with E-state index in [1.165, 1.54) is 0 Å². The number of amides is 2. The van der Waals surface area contributed by atoms with Crippen molar-refractivity contribution in [3.8, 4) is 0 Å². The number of hydrogen-bond donors (Lipinski definition) is 0. The monoisotopic (exact) mass is 218 g/mol. The molecule has 14 heavy (non-hydrogen) atoms. The van der Waals surface area contributed by atoms with Gasteiger partial charge in [0.25, 0.3) is 0 Å². The van der Waals surface area contributed by atoms with Crippen LogP contribution < -0.4 is 0 Å². The van der Waals surface area contributed by atoms with Crippen molar-refractivity contribution in [1.29, 1.82) is 0 Å². The number of carbonyl (C=O) groups is 1. The van der Waals surface area contributed by atoms with Crippen molar-refractivity contribution < 1.29 is 4.79 Å². The molecule has 0 aromatic rings. The number of alkyl halides is 1. The van der Waals surface area contributed by atoms with Crippen molar-refractivity contribution in [2.45, 2.75) is 32.7 Å². The minimum atomic E-state index is 0.189. The predicted octanol–water partition coefficient (Wildman–Crippen LogP) is 2.15. The Kier molecular flexibility index (Phi) is 4.52. The lowest BCUT2D eigenvalue weighted by atomic mass is 10.3. The third-order valence-electron chi connectivity index (χ3n) is 2.56. The molecule has 1 heterocycles. The standard InChI is InChI=1S/C10H19ClN2O/c1-9(2)13-8-7-12(10(13)14)6-4-3-5-11/h9H,3-8H2,1-2H3. The SMILES string of the molecule is CC(C)N1CCN(CCCCCl)C1=O. The molecule has 0 radical (unpaired) electrons. The first-order valence-corrected chi connectivity index (χ1v) is 5.81. The van der Waals surface area contributed by atoms with Crippen LogP contribution in [0.2, 0.25) is 0 Å². The summed E-state index contributed by atoms with van der Waals surface area (Å²) in [5.41, 5.74) is 0. The topological polar surface area (TPSA) is 23.6 Å². The summed E-state index contributed by atoms with van der Waals surface area (Å²) in [5, 5.41) is 0. The van der Waals surface area contributed by atoms with Gasteiger partial charge < -0.3 is 9.80 Å². The number of hydrogen-bond acceptors (Lipinski definition) is 1. The Morgan fingerprint density at radius 3 is 2.57 bits per heavy atom. The van der Waals surface area contributed by atoms with E-state index in [1.54, 1.807) is 0 Å². The van der Waals surface area contributed by atoms with Crippen molar-refractivity contribution in [2.75, 3.05) is 25.5 Å². The van der Waals surface area contributed by atoms with E-state index >= 15 is 0 Å². The highest BCUT2D eigenvalue weighted by atomic mass is 35.5. The molecule has 1 aliphatic heterocycles. The highest BCUT2D eigenvalue weighted by Crippen LogP contribution is 2.12. The molecule has 0 saturated carbocycles. The fourth-order valence-corrected chi connectivity index (χ4v) is 1.87. The maximum absolute atomic E-state index is 11.8. The third kappa shape index (κ3) is 2.77. The van der Waals surface area contributed by atoms with E-state index in [9.17, 15) is 4.79 Å². The summed E-state index contributed by atoms with van der Waals surface area (Å²) in [7, 11) is 0. The van der Waals surface area contributed by atoms with Gasteiger partial charge in [-0.25, -0.2) is 4.79 Å². The summed E-state index contributed by atoms with van der Waals surface area (Å²) in [6.45, 7) is 6.71. The Morgan fingerprint density at radius 1 is 1.36 bits per heavy atom. The summed E-state index contributed by atoms with van der Waals surface area (Å²) in [6, 6.07) is 0.509. The van der Waals surface area contributed by atoms with E-state index < -0.39 is 0 Å². The van der Waals surface area contributed by atoms with Gasteiger partial charge in [-0.15, -0.1) is 11.6 Å². The lowest BCUT2D eigenvalue weighted by Gasteiger charge is -2.21. The second-order valence-corrected chi connectivity index (χ2v) is 4.33. The van der Waals surface area contributed by atoms with Gasteiger partial charge in [0, 0.05) is 31.6 Å². The molecule has 0 bridgehead atoms. The van der Waals surface area contributed by atoms with E-state index in [2.05, 4.69) is 13.8 Å². The molecule has 1 fully saturated rings. The average Bonchev–Trinajstić information content (AvgIpc) is 2.48. The van der Waals surface area contributed by atoms with Gasteiger partial charge in [-0.05, 0) is 26.7 Å². The Morgan fingerprint density at radius 2 is 2.07 bits per heavy atom. The quantitative estimate of drug-likeness (QED) is 0.513. The van der Waals surface area contributed by atoms with Gasteiger partial charge in [-0.2, -0.15) is 0 Å². The second kappa shape index (κ2) is 5.44. The highest BCUT2D eigenvalue weighted by molar-refractivity contribution is 6.17. The van der Waals surface area contributed by atoms with E-state index in [-0.39, 0.29) is 6.03 Å². The lowest BCUT2D eigenvalue weighted by molar-refractivity contribution is 0.182. The summed E-state index contributed by atoms with van der Waals surface area (Å²) in [4.78, 5) is 15.6. The molecule has 4 heteroatoms. The van der Waals surface area contributed by atoms with Crippen LogP contribution in [0.25, 0.3) is 0 Å². The molecule has 1 rings (SSSR count). The van der Waals surface area contributed by atoms with Gasteiger partial charge in [-0.1, -0.05) is 0 Å². The largest absolute Gasteiger partial charge is 0.323 e. The third-order valence-corrected chi connectivity index (χ3v) is 2.83. The fraction of sp³-hybridized carbons (Fsp3) is 0.900. The predicted molar refractivity (Wildman–Crippen MR) is 58.8 cm³/mol. The van der Waals surface area contributed by atoms with Gasteiger partial charge in [0.15, 0.2) is 0 Å². The summed E-state index contributed by atoms with van der Waals surface area (Å²) < 4.78 is 0. The van der Waals surface area contributed by atoms with Crippen LogP contribution in [0, 0.1) is 0 Å². The maximum atomic E-state index is 11.8. The van der Waals surface area contributed by atoms with Gasteiger partial charge >= 0.3 is 6.03 Å². The zero-order valence-electron chi connectivity index (χ0n) is 9.00. The van der Waals surface area contributed by atoms with E-state index in [0.717, 1.165) is 32.5 Å². The van der Waals surface area contributed by atoms with Crippen LogP contribution in [0.5, 0.6) is 0 Å². The molecular weight excluding hydrogens is 200 g/mol. The number of rotatable bonds is 5. The van der Waals surface area contributed by atoms with Crippen LogP contribution in [-0.2, 0) is 0 Å². The normalized spacial score (nSPS) is 17.3. The molecular formula is C10H19ClN2O. The van der Waals surface area contributed by atoms with E-state index in [1.807, 2.05) is 9.80 Å². The van der Waals surface area contributed by atoms with Gasteiger partial charge in [0.05, 0.1) is 0 Å². The van der Waals surface area contributed by atoms with Crippen LogP contribution in [0.3, 0.4) is 0 Å². The molecule has 1 aliphatic rings. The smallest absolute Gasteiger partial charge is 0.320 e. The van der Waals surface area contributed by atoms with E-state index in [4.69, 9.17) is 11.6 Å². The highest BCUT2D eigenvalue weighted by Gasteiger charge is 2.29. The molecule has 82 valence electrons. The first-order valence-electron chi connectivity index (χ1n) is 5.28. The van der Waals surface area contributed by atoms with Gasteiger partial charge in [0.1, 0.15) is 0 Å². The number of unbranched alkanes of at least 4 members (excludes halogenated alkanes) is 1. The minimum absolute atomic E-state index is 0.189. The van der Waals surface area contributed by atoms with Crippen LogP contribution in [0.15, 0.2) is 0 Å². The van der Waals surface area contributed by atoms with Gasteiger partial charge in [0.2, 0.25) is 0 Å². The molecule has 2 amide bonds. The van der Waals surface area contributed by atoms with Crippen molar-refractivity contribution in [1.82, 2.24) is 9.80 Å². The van der Waals surface area contributed by atoms with Gasteiger partial charge in [-0.3, -0.25) is 0 Å². The van der Waals surface area contributed by atoms with Crippen molar-refractivity contribution >= 4 is 17.6 Å². The molecule has 0 atom stereocenters. The Hall–Kier alpha value is -0.440. The molecule has 0 spiro atoms. The molecule has 0 aromatic heterocycles. The summed E-state index contributed by atoms with van der Waals surface area (Å²) in [6.07, 6.45) is 2.01.